The summed E-state index contributed by atoms with van der Waals surface area (Å²) in [6, 6.07) is 11.3. The van der Waals surface area contributed by atoms with Gasteiger partial charge in [-0.05, 0) is 31.7 Å². The van der Waals surface area contributed by atoms with Gasteiger partial charge in [-0.15, -0.1) is 0 Å². The molecule has 2 aromatic rings. The number of nitrogens with zero attached hydrogens (tertiary/aromatic N) is 3. The van der Waals surface area contributed by atoms with E-state index >= 15 is 0 Å². The van der Waals surface area contributed by atoms with Crippen LogP contribution in [0.4, 0.5) is 0 Å². The minimum absolute atomic E-state index is 0.198. The Bertz CT molecular complexity index is 734. The number of hydrogen-bond donors (Lipinski definition) is 1. The highest BCUT2D eigenvalue weighted by atomic mass is 15.4. The molecule has 4 heteroatoms. The molecule has 23 heavy (non-hydrogen) atoms. The van der Waals surface area contributed by atoms with Gasteiger partial charge in [-0.1, -0.05) is 31.2 Å². The van der Waals surface area contributed by atoms with Crippen LogP contribution >= 0.6 is 0 Å². The molecule has 0 radical (unpaired) electrons. The van der Waals surface area contributed by atoms with Gasteiger partial charge in [0.1, 0.15) is 0 Å². The highest BCUT2D eigenvalue weighted by Gasteiger charge is 2.33. The minimum Gasteiger partial charge on any atom is -0.350 e. The van der Waals surface area contributed by atoms with Crippen LogP contribution in [0.2, 0.25) is 0 Å². The fourth-order valence-electron chi connectivity index (χ4n) is 3.82. The van der Waals surface area contributed by atoms with Crippen molar-refractivity contribution in [3.63, 3.8) is 0 Å². The Morgan fingerprint density at radius 2 is 2.09 bits per heavy atom. The Morgan fingerprint density at radius 3 is 3.00 bits per heavy atom. The van der Waals surface area contributed by atoms with Crippen molar-refractivity contribution in [2.45, 2.75) is 38.8 Å². The van der Waals surface area contributed by atoms with E-state index in [0.717, 1.165) is 30.5 Å². The maximum atomic E-state index is 4.77. The molecule has 2 aliphatic heterocycles. The topological polar surface area (TPSA) is 40.5 Å². The third kappa shape index (κ3) is 2.67. The molecule has 120 valence electrons. The summed E-state index contributed by atoms with van der Waals surface area (Å²) in [5, 5.41) is 4.83. The fraction of sp³-hybridized carbons (Fsp3) is 0.474. The number of rotatable bonds is 2. The summed E-state index contributed by atoms with van der Waals surface area (Å²) in [5.41, 5.74) is 2.32. The van der Waals surface area contributed by atoms with Gasteiger partial charge in [-0.2, -0.15) is 0 Å². The van der Waals surface area contributed by atoms with Crippen LogP contribution in [0.5, 0.6) is 0 Å². The zero-order valence-electron chi connectivity index (χ0n) is 13.9. The van der Waals surface area contributed by atoms with Crippen molar-refractivity contribution in [2.75, 3.05) is 13.1 Å². The first-order chi connectivity index (χ1) is 11.2. The molecule has 0 aliphatic carbocycles. The Hall–Kier alpha value is -2.10. The van der Waals surface area contributed by atoms with Crippen molar-refractivity contribution >= 4 is 16.9 Å². The first-order valence-corrected chi connectivity index (χ1v) is 8.63. The molecule has 1 saturated heterocycles. The molecular weight excluding hydrogens is 284 g/mol. The number of guanidine groups is 1. The van der Waals surface area contributed by atoms with E-state index in [9.17, 15) is 0 Å². The summed E-state index contributed by atoms with van der Waals surface area (Å²) in [5.74, 6) is 1.83. The number of fused-ring (bicyclic) bond motifs is 2. The number of para-hydroxylation sites is 1. The third-order valence-corrected chi connectivity index (χ3v) is 5.14. The van der Waals surface area contributed by atoms with E-state index in [1.165, 1.54) is 23.8 Å². The Balaban J connectivity index is 1.57. The van der Waals surface area contributed by atoms with Gasteiger partial charge in [-0.3, -0.25) is 9.98 Å². The van der Waals surface area contributed by atoms with Crippen LogP contribution in [0.25, 0.3) is 10.9 Å². The zero-order chi connectivity index (χ0) is 15.8. The minimum atomic E-state index is 0.198. The maximum Gasteiger partial charge on any atom is 0.194 e. The molecule has 3 heterocycles. The average Bonchev–Trinajstić information content (AvgIpc) is 2.96. The standard InChI is InChI=1S/C19H24N4/c1-13-8-9-16-11-21-19(23(16)12-13)22-14(2)17-7-3-5-15-6-4-10-20-18(15)17/h3-7,10,13-14,16H,8-9,11-12H2,1-2H3,(H,21,22). The van der Waals surface area contributed by atoms with Gasteiger partial charge in [0.25, 0.3) is 0 Å². The van der Waals surface area contributed by atoms with E-state index in [1.54, 1.807) is 0 Å². The van der Waals surface area contributed by atoms with Crippen LogP contribution in [0.3, 0.4) is 0 Å². The normalized spacial score (nSPS) is 25.1. The van der Waals surface area contributed by atoms with Gasteiger partial charge in [0, 0.05) is 23.7 Å². The number of aromatic nitrogens is 1. The van der Waals surface area contributed by atoms with Crippen molar-refractivity contribution in [1.29, 1.82) is 0 Å². The van der Waals surface area contributed by atoms with Crippen LogP contribution in [0, 0.1) is 5.92 Å². The molecule has 4 rings (SSSR count). The highest BCUT2D eigenvalue weighted by molar-refractivity contribution is 5.85. The molecule has 1 N–H and O–H groups in total. The number of piperidine rings is 1. The van der Waals surface area contributed by atoms with Gasteiger partial charge in [0.05, 0.1) is 24.1 Å². The second-order valence-electron chi connectivity index (χ2n) is 6.94. The molecule has 1 fully saturated rings. The molecule has 0 bridgehead atoms. The van der Waals surface area contributed by atoms with Crippen LogP contribution in [-0.4, -0.2) is 35.0 Å². The Morgan fingerprint density at radius 1 is 1.22 bits per heavy atom. The van der Waals surface area contributed by atoms with E-state index in [4.69, 9.17) is 4.99 Å². The van der Waals surface area contributed by atoms with Gasteiger partial charge < -0.3 is 10.2 Å². The van der Waals surface area contributed by atoms with Crippen LogP contribution in [-0.2, 0) is 0 Å². The molecule has 1 aromatic heterocycles. The number of aliphatic imine (C=N–C) groups is 1. The number of nitrogens with one attached hydrogen (secondary N) is 1. The largest absolute Gasteiger partial charge is 0.350 e. The van der Waals surface area contributed by atoms with E-state index in [0.29, 0.717) is 6.04 Å². The number of benzene rings is 1. The monoisotopic (exact) mass is 308 g/mol. The molecule has 4 nitrogen and oxygen atoms in total. The first kappa shape index (κ1) is 14.5. The summed E-state index contributed by atoms with van der Waals surface area (Å²) < 4.78 is 0. The molecular formula is C19H24N4. The predicted octanol–water partition coefficient (Wildman–Crippen LogP) is 3.36. The smallest absolute Gasteiger partial charge is 0.194 e. The lowest BCUT2D eigenvalue weighted by Crippen LogP contribution is -2.48. The SMILES string of the molecule is CC1CCC2CN=C(NC(C)c3cccc4cccnc34)N2C1. The summed E-state index contributed by atoms with van der Waals surface area (Å²) in [6.07, 6.45) is 4.46. The van der Waals surface area contributed by atoms with Gasteiger partial charge in [0.15, 0.2) is 5.96 Å². The first-order valence-electron chi connectivity index (χ1n) is 8.63. The summed E-state index contributed by atoms with van der Waals surface area (Å²) >= 11 is 0. The summed E-state index contributed by atoms with van der Waals surface area (Å²) in [4.78, 5) is 11.8. The predicted molar refractivity (Wildman–Crippen MR) is 94.5 cm³/mol. The van der Waals surface area contributed by atoms with Crippen molar-refractivity contribution in [3.8, 4) is 0 Å². The van der Waals surface area contributed by atoms with Gasteiger partial charge in [0.2, 0.25) is 0 Å². The van der Waals surface area contributed by atoms with E-state index in [-0.39, 0.29) is 6.04 Å². The van der Waals surface area contributed by atoms with Crippen molar-refractivity contribution in [3.05, 3.63) is 42.1 Å². The lowest BCUT2D eigenvalue weighted by molar-refractivity contribution is 0.210. The quantitative estimate of drug-likeness (QED) is 0.925. The second-order valence-corrected chi connectivity index (χ2v) is 6.94. The lowest BCUT2D eigenvalue weighted by atomic mass is 9.95. The van der Waals surface area contributed by atoms with Crippen LogP contribution < -0.4 is 5.32 Å². The molecule has 0 spiro atoms. The van der Waals surface area contributed by atoms with E-state index < -0.39 is 0 Å². The average molecular weight is 308 g/mol. The second kappa shape index (κ2) is 5.84. The highest BCUT2D eigenvalue weighted by Crippen LogP contribution is 2.27. The molecule has 2 aliphatic rings. The molecule has 3 atom stereocenters. The van der Waals surface area contributed by atoms with Gasteiger partial charge >= 0.3 is 0 Å². The summed E-state index contributed by atoms with van der Waals surface area (Å²) in [7, 11) is 0. The molecule has 3 unspecified atom stereocenters. The van der Waals surface area contributed by atoms with Crippen molar-refractivity contribution in [2.24, 2.45) is 10.9 Å². The van der Waals surface area contributed by atoms with E-state index in [1.807, 2.05) is 12.3 Å². The molecule has 1 aromatic carbocycles. The van der Waals surface area contributed by atoms with Gasteiger partial charge in [-0.25, -0.2) is 0 Å². The van der Waals surface area contributed by atoms with Crippen LogP contribution in [0.15, 0.2) is 41.5 Å². The molecule has 0 saturated carbocycles. The van der Waals surface area contributed by atoms with Crippen molar-refractivity contribution < 1.29 is 0 Å². The lowest BCUT2D eigenvalue weighted by Gasteiger charge is -2.36. The van der Waals surface area contributed by atoms with Crippen LogP contribution in [0.1, 0.15) is 38.3 Å². The molecule has 0 amide bonds. The zero-order valence-corrected chi connectivity index (χ0v) is 13.9. The maximum absolute atomic E-state index is 4.77. The van der Waals surface area contributed by atoms with Crippen molar-refractivity contribution in [1.82, 2.24) is 15.2 Å². The van der Waals surface area contributed by atoms with E-state index in [2.05, 4.69) is 53.3 Å². The Kier molecular flexibility index (Phi) is 3.68. The Labute approximate surface area is 137 Å². The summed E-state index contributed by atoms with van der Waals surface area (Å²) in [6.45, 7) is 6.60. The fourth-order valence-corrected chi connectivity index (χ4v) is 3.82. The number of pyridine rings is 1. The third-order valence-electron chi connectivity index (χ3n) is 5.14. The number of hydrogen-bond acceptors (Lipinski definition) is 4.